The lowest BCUT2D eigenvalue weighted by Gasteiger charge is -2.28. The summed E-state index contributed by atoms with van der Waals surface area (Å²) in [5.74, 6) is 0.213. The lowest BCUT2D eigenvalue weighted by molar-refractivity contribution is 0.0950. The van der Waals surface area contributed by atoms with E-state index in [9.17, 15) is 14.7 Å². The van der Waals surface area contributed by atoms with Crippen LogP contribution in [0, 0.1) is 5.41 Å². The molecule has 0 radical (unpaired) electrons. The molecule has 1 amide bonds. The van der Waals surface area contributed by atoms with Crippen molar-refractivity contribution >= 4 is 34.5 Å². The summed E-state index contributed by atoms with van der Waals surface area (Å²) in [6.07, 6.45) is 0. The molecule has 0 spiro atoms. The van der Waals surface area contributed by atoms with Gasteiger partial charge in [-0.2, -0.15) is 0 Å². The highest BCUT2D eigenvalue weighted by atomic mass is 79.9. The first-order valence-corrected chi connectivity index (χ1v) is 11.4. The Kier molecular flexibility index (Phi) is 8.03. The zero-order valence-electron chi connectivity index (χ0n) is 21.1. The van der Waals surface area contributed by atoms with Crippen molar-refractivity contribution in [3.8, 4) is 5.75 Å². The smallest absolute Gasteiger partial charge is 0.251 e. The topological polar surface area (TPSA) is 93.5 Å². The van der Waals surface area contributed by atoms with E-state index in [4.69, 9.17) is 5.41 Å². The van der Waals surface area contributed by atoms with Crippen LogP contribution in [0.1, 0.15) is 91.4 Å². The number of benzene rings is 2. The molecule has 0 saturated heterocycles. The van der Waals surface area contributed by atoms with Crippen LogP contribution in [0.3, 0.4) is 0 Å². The van der Waals surface area contributed by atoms with Crippen molar-refractivity contribution in [1.82, 2.24) is 10.2 Å². The van der Waals surface area contributed by atoms with E-state index >= 15 is 0 Å². The Labute approximate surface area is 213 Å². The predicted molar refractivity (Wildman–Crippen MR) is 142 cm³/mol. The molecule has 184 valence electrons. The number of phenols is 1. The van der Waals surface area contributed by atoms with Crippen LogP contribution in [0.2, 0.25) is 0 Å². The highest BCUT2D eigenvalue weighted by Crippen LogP contribution is 2.40. The standard InChI is InChI=1S/C27H35N3O3.BrH/c1-8-29-25(33)16-9-10-17-14-30(24(28)19(17)11-16)15-22(31)18-12-20(26(2,3)4)23(32)21(13-18)27(5,6)7;/h9-13,28,32H,8,14-15H2,1-7H3,(H,29,33);1H. The third kappa shape index (κ3) is 5.52. The van der Waals surface area contributed by atoms with Crippen LogP contribution in [0.25, 0.3) is 0 Å². The predicted octanol–water partition coefficient (Wildman–Crippen LogP) is 5.34. The number of rotatable bonds is 5. The first-order valence-electron chi connectivity index (χ1n) is 11.4. The molecule has 3 rings (SSSR count). The molecule has 1 aliphatic heterocycles. The number of nitrogens with zero attached hydrogens (tertiary/aromatic N) is 1. The van der Waals surface area contributed by atoms with Crippen molar-refractivity contribution in [2.24, 2.45) is 0 Å². The van der Waals surface area contributed by atoms with E-state index in [1.54, 1.807) is 29.2 Å². The fourth-order valence-electron chi connectivity index (χ4n) is 4.13. The third-order valence-corrected chi connectivity index (χ3v) is 6.02. The van der Waals surface area contributed by atoms with Gasteiger partial charge in [-0.1, -0.05) is 47.6 Å². The minimum absolute atomic E-state index is 0. The molecular weight excluding hydrogens is 494 g/mol. The summed E-state index contributed by atoms with van der Waals surface area (Å²) in [6, 6.07) is 8.91. The van der Waals surface area contributed by atoms with Crippen molar-refractivity contribution in [3.05, 3.63) is 63.7 Å². The van der Waals surface area contributed by atoms with Crippen LogP contribution in [-0.2, 0) is 17.4 Å². The maximum absolute atomic E-state index is 13.3. The molecule has 1 heterocycles. The number of Topliss-reactive ketones (excluding diaryl/α,β-unsaturated/α-hetero) is 1. The Hall–Kier alpha value is -2.67. The monoisotopic (exact) mass is 529 g/mol. The molecule has 0 bridgehead atoms. The van der Waals surface area contributed by atoms with Crippen LogP contribution >= 0.6 is 17.0 Å². The number of carbonyl (C=O) groups excluding carboxylic acids is 2. The Morgan fingerprint density at radius 2 is 1.56 bits per heavy atom. The largest absolute Gasteiger partial charge is 0.507 e. The Morgan fingerprint density at radius 1 is 1.00 bits per heavy atom. The van der Waals surface area contributed by atoms with Crippen LogP contribution in [0.4, 0.5) is 0 Å². The molecule has 0 saturated carbocycles. The van der Waals surface area contributed by atoms with E-state index in [2.05, 4.69) is 5.32 Å². The van der Waals surface area contributed by atoms with Gasteiger partial charge in [-0.15, -0.1) is 17.0 Å². The second-order valence-electron chi connectivity index (χ2n) is 10.8. The van der Waals surface area contributed by atoms with Crippen LogP contribution in [0.5, 0.6) is 5.75 Å². The number of ketones is 1. The van der Waals surface area contributed by atoms with E-state index in [0.717, 1.165) is 16.7 Å². The van der Waals surface area contributed by atoms with Crippen LogP contribution in [-0.4, -0.2) is 40.6 Å². The average molecular weight is 531 g/mol. The Morgan fingerprint density at radius 3 is 2.06 bits per heavy atom. The number of amides is 1. The summed E-state index contributed by atoms with van der Waals surface area (Å²) in [5, 5.41) is 22.3. The lowest BCUT2D eigenvalue weighted by atomic mass is 9.78. The zero-order chi connectivity index (χ0) is 24.7. The summed E-state index contributed by atoms with van der Waals surface area (Å²) in [6.45, 7) is 15.0. The highest BCUT2D eigenvalue weighted by Gasteiger charge is 2.30. The van der Waals surface area contributed by atoms with Gasteiger partial charge in [0, 0.05) is 40.9 Å². The number of hydrogen-bond acceptors (Lipinski definition) is 4. The molecule has 7 heteroatoms. The molecule has 1 aliphatic rings. The number of hydrogen-bond donors (Lipinski definition) is 3. The van der Waals surface area contributed by atoms with Gasteiger partial charge in [0.1, 0.15) is 11.6 Å². The first-order chi connectivity index (χ1) is 15.2. The van der Waals surface area contributed by atoms with Crippen molar-refractivity contribution in [1.29, 1.82) is 5.41 Å². The lowest BCUT2D eigenvalue weighted by Crippen LogP contribution is -2.31. The van der Waals surface area contributed by atoms with Gasteiger partial charge < -0.3 is 15.3 Å². The molecule has 6 nitrogen and oxygen atoms in total. The summed E-state index contributed by atoms with van der Waals surface area (Å²) >= 11 is 0. The molecule has 34 heavy (non-hydrogen) atoms. The van der Waals surface area contributed by atoms with Gasteiger partial charge in [0.15, 0.2) is 5.78 Å². The SMILES string of the molecule is Br.CCNC(=O)c1ccc2c(c1)C(=N)N(CC(=O)c1cc(C(C)(C)C)c(O)c(C(C)(C)C)c1)C2. The number of fused-ring (bicyclic) bond motifs is 1. The summed E-state index contributed by atoms with van der Waals surface area (Å²) in [7, 11) is 0. The second kappa shape index (κ2) is 9.90. The van der Waals surface area contributed by atoms with Gasteiger partial charge in [-0.3, -0.25) is 15.0 Å². The summed E-state index contributed by atoms with van der Waals surface area (Å²) in [4.78, 5) is 27.3. The summed E-state index contributed by atoms with van der Waals surface area (Å²) in [5.41, 5.74) is 3.49. The maximum atomic E-state index is 13.3. The van der Waals surface area contributed by atoms with Gasteiger partial charge in [0.05, 0.1) is 6.54 Å². The average Bonchev–Trinajstić information content (AvgIpc) is 3.01. The number of carbonyl (C=O) groups is 2. The number of amidine groups is 1. The van der Waals surface area contributed by atoms with Gasteiger partial charge in [-0.25, -0.2) is 0 Å². The molecule has 0 fully saturated rings. The van der Waals surface area contributed by atoms with E-state index in [1.807, 2.05) is 54.5 Å². The van der Waals surface area contributed by atoms with Crippen LogP contribution in [0.15, 0.2) is 30.3 Å². The van der Waals surface area contributed by atoms with E-state index in [-0.39, 0.29) is 57.6 Å². The van der Waals surface area contributed by atoms with E-state index in [1.165, 1.54) is 0 Å². The normalized spacial score (nSPS) is 13.4. The molecule has 0 atom stereocenters. The number of aromatic hydroxyl groups is 1. The Bertz CT molecular complexity index is 1090. The molecule has 3 N–H and O–H groups in total. The number of nitrogens with one attached hydrogen (secondary N) is 2. The maximum Gasteiger partial charge on any atom is 0.251 e. The molecular formula is C27H36BrN3O3. The number of halogens is 1. The van der Waals surface area contributed by atoms with Gasteiger partial charge >= 0.3 is 0 Å². The first kappa shape index (κ1) is 27.6. The highest BCUT2D eigenvalue weighted by molar-refractivity contribution is 8.93. The van der Waals surface area contributed by atoms with Crippen molar-refractivity contribution in [2.45, 2.75) is 65.8 Å². The minimum Gasteiger partial charge on any atom is -0.507 e. The fourth-order valence-corrected chi connectivity index (χ4v) is 4.13. The van der Waals surface area contributed by atoms with Crippen molar-refractivity contribution < 1.29 is 14.7 Å². The second-order valence-corrected chi connectivity index (χ2v) is 10.8. The van der Waals surface area contributed by atoms with Crippen molar-refractivity contribution in [2.75, 3.05) is 13.1 Å². The van der Waals surface area contributed by atoms with Crippen LogP contribution < -0.4 is 5.32 Å². The quantitative estimate of drug-likeness (QED) is 0.455. The minimum atomic E-state index is -0.327. The zero-order valence-corrected chi connectivity index (χ0v) is 22.8. The van der Waals surface area contributed by atoms with Crippen molar-refractivity contribution in [3.63, 3.8) is 0 Å². The Balaban J connectivity index is 0.00000408. The molecule has 2 aromatic carbocycles. The summed E-state index contributed by atoms with van der Waals surface area (Å²) < 4.78 is 0. The fraction of sp³-hybridized carbons (Fsp3) is 0.444. The van der Waals surface area contributed by atoms with E-state index in [0.29, 0.717) is 29.8 Å². The van der Waals surface area contributed by atoms with E-state index < -0.39 is 0 Å². The molecule has 2 aromatic rings. The van der Waals surface area contributed by atoms with Gasteiger partial charge in [0.25, 0.3) is 5.91 Å². The third-order valence-electron chi connectivity index (χ3n) is 6.02. The molecule has 0 aliphatic carbocycles. The molecule has 0 unspecified atom stereocenters. The molecule has 0 aromatic heterocycles. The van der Waals surface area contributed by atoms with Gasteiger partial charge in [0.2, 0.25) is 0 Å². The van der Waals surface area contributed by atoms with Gasteiger partial charge in [-0.05, 0) is 47.6 Å². The number of phenolic OH excluding ortho intramolecular Hbond substituents is 1.